The highest BCUT2D eigenvalue weighted by Gasteiger charge is 2.52. The van der Waals surface area contributed by atoms with Gasteiger partial charge in [0.05, 0.1) is 6.61 Å². The van der Waals surface area contributed by atoms with Gasteiger partial charge in [-0.05, 0) is 46.5 Å². The Bertz CT molecular complexity index is 1710. The minimum Gasteiger partial charge on any atom is -0.405 e. The summed E-state index contributed by atoms with van der Waals surface area (Å²) in [6, 6.07) is 30.9. The van der Waals surface area contributed by atoms with Crippen molar-refractivity contribution in [3.05, 3.63) is 114 Å². The van der Waals surface area contributed by atoms with Gasteiger partial charge in [0.15, 0.2) is 5.75 Å². The predicted octanol–water partition coefficient (Wildman–Crippen LogP) is 6.60. The van der Waals surface area contributed by atoms with E-state index in [0.29, 0.717) is 18.6 Å². The lowest BCUT2D eigenvalue weighted by molar-refractivity contribution is -0.120. The highest BCUT2D eigenvalue weighted by atomic mass is 31.1. The molecular formula is C37H45N3O7PSi+. The van der Waals surface area contributed by atoms with Crippen LogP contribution in [0.2, 0.25) is 5.04 Å². The molecule has 0 saturated carbocycles. The van der Waals surface area contributed by atoms with Crippen molar-refractivity contribution < 1.29 is 27.6 Å². The number of carbonyl (C=O) groups excluding carboxylic acids is 1. The fraction of sp³-hybridized carbons (Fsp3) is 0.378. The van der Waals surface area contributed by atoms with Crippen LogP contribution in [0.4, 0.5) is 5.82 Å². The van der Waals surface area contributed by atoms with Crippen molar-refractivity contribution in [2.75, 3.05) is 11.9 Å². The molecule has 0 aliphatic carbocycles. The molecule has 49 heavy (non-hydrogen) atoms. The summed E-state index contributed by atoms with van der Waals surface area (Å²) in [5.74, 6) is 0.236. The highest BCUT2D eigenvalue weighted by molar-refractivity contribution is 7.33. The molecule has 1 aromatic heterocycles. The molecule has 1 amide bonds. The third kappa shape index (κ3) is 8.42. The molecule has 1 N–H and O–H groups in total. The Hall–Kier alpha value is -3.99. The van der Waals surface area contributed by atoms with Gasteiger partial charge in [0.2, 0.25) is 5.91 Å². The quantitative estimate of drug-likeness (QED) is 0.115. The summed E-state index contributed by atoms with van der Waals surface area (Å²) < 4.78 is 39.8. The van der Waals surface area contributed by atoms with Crippen LogP contribution in [0.25, 0.3) is 0 Å². The Labute approximate surface area is 289 Å². The van der Waals surface area contributed by atoms with E-state index in [9.17, 15) is 14.2 Å². The summed E-state index contributed by atoms with van der Waals surface area (Å²) in [5, 5.41) is 4.67. The van der Waals surface area contributed by atoms with Crippen LogP contribution in [0.3, 0.4) is 0 Å². The van der Waals surface area contributed by atoms with Gasteiger partial charge in [0, 0.05) is 23.1 Å². The molecule has 1 aliphatic heterocycles. The molecule has 1 aliphatic rings. The van der Waals surface area contributed by atoms with Crippen molar-refractivity contribution in [2.24, 2.45) is 5.92 Å². The second-order valence-corrected chi connectivity index (χ2v) is 18.3. The number of rotatable bonds is 14. The summed E-state index contributed by atoms with van der Waals surface area (Å²) in [6.45, 7) is 10.6. The van der Waals surface area contributed by atoms with Gasteiger partial charge in [0.25, 0.3) is 8.32 Å². The van der Waals surface area contributed by atoms with Crippen LogP contribution in [-0.2, 0) is 23.0 Å². The number of ether oxygens (including phenoxy) is 1. The molecule has 12 heteroatoms. The molecule has 3 aromatic carbocycles. The van der Waals surface area contributed by atoms with Crippen LogP contribution in [0.1, 0.15) is 60.1 Å². The lowest BCUT2D eigenvalue weighted by Gasteiger charge is -2.43. The van der Waals surface area contributed by atoms with E-state index in [4.69, 9.17) is 18.2 Å². The van der Waals surface area contributed by atoms with Gasteiger partial charge in [0.1, 0.15) is 24.3 Å². The molecule has 4 aromatic rings. The van der Waals surface area contributed by atoms with Crippen LogP contribution in [0.15, 0.2) is 108 Å². The summed E-state index contributed by atoms with van der Waals surface area (Å²) in [5.41, 5.74) is -0.593. The Morgan fingerprint density at radius 1 is 0.959 bits per heavy atom. The van der Waals surface area contributed by atoms with Crippen molar-refractivity contribution in [2.45, 2.75) is 77.4 Å². The summed E-state index contributed by atoms with van der Waals surface area (Å²) in [7, 11) is -5.55. The number of aromatic nitrogens is 2. The van der Waals surface area contributed by atoms with Crippen molar-refractivity contribution in [1.82, 2.24) is 9.55 Å². The highest BCUT2D eigenvalue weighted by Crippen LogP contribution is 2.41. The average Bonchev–Trinajstić information content (AvgIpc) is 3.48. The first-order valence-corrected chi connectivity index (χ1v) is 19.7. The molecular weight excluding hydrogens is 657 g/mol. The maximum Gasteiger partial charge on any atom is 0.750 e. The van der Waals surface area contributed by atoms with Gasteiger partial charge in [-0.2, -0.15) is 4.98 Å². The average molecular weight is 703 g/mol. The Morgan fingerprint density at radius 3 is 2.06 bits per heavy atom. The van der Waals surface area contributed by atoms with Crippen LogP contribution in [0, 0.1) is 5.92 Å². The minimum atomic E-state index is -2.96. The summed E-state index contributed by atoms with van der Waals surface area (Å²) in [4.78, 5) is 30.0. The molecule has 1 unspecified atom stereocenters. The van der Waals surface area contributed by atoms with Gasteiger partial charge in [-0.1, -0.05) is 113 Å². The van der Waals surface area contributed by atoms with Crippen LogP contribution < -0.4 is 25.9 Å². The number of amides is 1. The number of anilines is 1. The van der Waals surface area contributed by atoms with Crippen molar-refractivity contribution >= 4 is 38.7 Å². The van der Waals surface area contributed by atoms with Crippen molar-refractivity contribution in [3.8, 4) is 5.75 Å². The zero-order valence-corrected chi connectivity index (χ0v) is 30.5. The first-order valence-electron chi connectivity index (χ1n) is 16.7. The first-order chi connectivity index (χ1) is 23.6. The van der Waals surface area contributed by atoms with E-state index in [0.717, 1.165) is 10.4 Å². The van der Waals surface area contributed by atoms with E-state index in [2.05, 4.69) is 55.3 Å². The molecule has 10 nitrogen and oxygen atoms in total. The first kappa shape index (κ1) is 36.3. The second-order valence-electron chi connectivity index (χ2n) is 13.1. The summed E-state index contributed by atoms with van der Waals surface area (Å²) >= 11 is 0. The van der Waals surface area contributed by atoms with E-state index >= 15 is 0 Å². The fourth-order valence-electron chi connectivity index (χ4n) is 6.39. The van der Waals surface area contributed by atoms with Gasteiger partial charge >= 0.3 is 13.9 Å². The Morgan fingerprint density at radius 2 is 1.53 bits per heavy atom. The zero-order valence-electron chi connectivity index (χ0n) is 28.7. The van der Waals surface area contributed by atoms with Gasteiger partial charge in [-0.3, -0.25) is 9.36 Å². The molecule has 0 radical (unpaired) electrons. The standard InChI is InChI=1S/C37H44N3O7PSi/c1-6-27(7-2)35(41)38-33-23-24-40(36(42)39-33)34-25-31(47-48(43)46-28-17-11-8-12-18-28)32(45-34)26-44-49(37(3,4)5,29-19-13-9-14-20-29)30-21-15-10-16-22-30/h8-24,27,31-32,34H,6-7,25-26H2,1-5H3/p+1/t31-,32+,34+/m0/s1. The van der Waals surface area contributed by atoms with Crippen molar-refractivity contribution in [1.29, 1.82) is 0 Å². The number of carbonyl (C=O) groups is 1. The number of benzene rings is 3. The second kappa shape index (κ2) is 16.1. The number of nitrogens with zero attached hydrogens (tertiary/aromatic N) is 2. The maximum absolute atomic E-state index is 13.3. The van der Waals surface area contributed by atoms with E-state index in [-0.39, 0.29) is 35.7 Å². The lowest BCUT2D eigenvalue weighted by atomic mass is 10.0. The Kier molecular flexibility index (Phi) is 12.0. The smallest absolute Gasteiger partial charge is 0.405 e. The van der Waals surface area contributed by atoms with E-state index in [1.54, 1.807) is 36.5 Å². The van der Waals surface area contributed by atoms with Crippen molar-refractivity contribution in [3.63, 3.8) is 0 Å². The van der Waals surface area contributed by atoms with Gasteiger partial charge < -0.3 is 14.5 Å². The minimum absolute atomic E-state index is 0.106. The third-order valence-corrected chi connectivity index (χ3v) is 14.8. The molecule has 5 rings (SSSR count). The lowest BCUT2D eigenvalue weighted by Crippen LogP contribution is -2.67. The molecule has 258 valence electrons. The Balaban J connectivity index is 1.44. The largest absolute Gasteiger partial charge is 0.750 e. The normalized spacial score (nSPS) is 18.3. The number of hydrogen-bond acceptors (Lipinski definition) is 8. The third-order valence-electron chi connectivity index (χ3n) is 8.95. The molecule has 1 fully saturated rings. The van der Waals surface area contributed by atoms with Gasteiger partial charge in [-0.15, -0.1) is 4.52 Å². The van der Waals surface area contributed by atoms with Gasteiger partial charge in [-0.25, -0.2) is 9.32 Å². The fourth-order valence-corrected chi connectivity index (χ4v) is 11.7. The summed E-state index contributed by atoms with van der Waals surface area (Å²) in [6.07, 6.45) is 0.874. The van der Waals surface area contributed by atoms with Crippen LogP contribution in [-0.4, -0.2) is 42.6 Å². The zero-order chi connectivity index (χ0) is 35.0. The molecule has 2 heterocycles. The molecule has 0 bridgehead atoms. The topological polar surface area (TPSA) is 118 Å². The van der Waals surface area contributed by atoms with Crippen LogP contribution in [0.5, 0.6) is 5.75 Å². The SMILES string of the molecule is CCC(CC)C(=O)Nc1ccn([C@H]2C[C@H](O[P+](=O)Oc3ccccc3)[C@@H](CO[Si](c3ccccc3)(c3ccccc3)C(C)(C)C)O2)c(=O)n1. The van der Waals surface area contributed by atoms with E-state index in [1.165, 1.54) is 4.57 Å². The van der Waals surface area contributed by atoms with E-state index in [1.807, 2.05) is 56.3 Å². The van der Waals surface area contributed by atoms with E-state index < -0.39 is 40.7 Å². The maximum atomic E-state index is 13.3. The predicted molar refractivity (Wildman–Crippen MR) is 193 cm³/mol. The molecule has 4 atom stereocenters. The monoisotopic (exact) mass is 702 g/mol. The molecule has 0 spiro atoms. The van der Waals surface area contributed by atoms with Crippen LogP contribution >= 0.6 is 8.25 Å². The number of hydrogen-bond donors (Lipinski definition) is 1. The number of nitrogens with one attached hydrogen (secondary N) is 1. The number of para-hydroxylation sites is 1. The molecule has 1 saturated heterocycles.